The van der Waals surface area contributed by atoms with Crippen molar-refractivity contribution in [2.24, 2.45) is 0 Å². The van der Waals surface area contributed by atoms with Gasteiger partial charge in [-0.2, -0.15) is 5.10 Å². The zero-order chi connectivity index (χ0) is 18.2. The van der Waals surface area contributed by atoms with Gasteiger partial charge >= 0.3 is 5.97 Å². The van der Waals surface area contributed by atoms with E-state index in [1.807, 2.05) is 30.8 Å². The van der Waals surface area contributed by atoms with Gasteiger partial charge in [0.25, 0.3) is 0 Å². The number of nitrogens with zero attached hydrogens (tertiary/aromatic N) is 2. The number of ether oxygens (including phenoxy) is 1. The number of carbonyl (C=O) groups excluding carboxylic acids is 1. The molecule has 0 aliphatic carbocycles. The molecular weight excluding hydrogens is 312 g/mol. The summed E-state index contributed by atoms with van der Waals surface area (Å²) in [6.45, 7) is 8.77. The third kappa shape index (κ3) is 5.18. The molecule has 0 bridgehead atoms. The Morgan fingerprint density at radius 3 is 2.56 bits per heavy atom. The second kappa shape index (κ2) is 9.40. The Morgan fingerprint density at radius 2 is 1.96 bits per heavy atom. The smallest absolute Gasteiger partial charge is 0.305 e. The van der Waals surface area contributed by atoms with E-state index in [1.54, 1.807) is 0 Å². The number of carbonyl (C=O) groups is 1. The van der Waals surface area contributed by atoms with Crippen LogP contribution in [0, 0.1) is 6.92 Å². The fourth-order valence-electron chi connectivity index (χ4n) is 3.24. The van der Waals surface area contributed by atoms with Crippen molar-refractivity contribution in [2.75, 3.05) is 6.61 Å². The van der Waals surface area contributed by atoms with E-state index in [0.29, 0.717) is 18.9 Å². The van der Waals surface area contributed by atoms with Crippen LogP contribution in [0.5, 0.6) is 0 Å². The number of benzene rings is 1. The highest BCUT2D eigenvalue weighted by Crippen LogP contribution is 2.29. The lowest BCUT2D eigenvalue weighted by molar-refractivity contribution is -0.143. The van der Waals surface area contributed by atoms with Crippen LogP contribution in [0.3, 0.4) is 0 Å². The molecule has 0 spiro atoms. The third-order valence-corrected chi connectivity index (χ3v) is 4.64. The van der Waals surface area contributed by atoms with Gasteiger partial charge in [0.05, 0.1) is 18.0 Å². The summed E-state index contributed by atoms with van der Waals surface area (Å²) in [6, 6.07) is 8.69. The topological polar surface area (TPSA) is 44.1 Å². The molecule has 4 heteroatoms. The highest BCUT2D eigenvalue weighted by molar-refractivity contribution is 5.69. The summed E-state index contributed by atoms with van der Waals surface area (Å²) in [4.78, 5) is 11.5. The van der Waals surface area contributed by atoms with Crippen LogP contribution in [0.4, 0.5) is 0 Å². The van der Waals surface area contributed by atoms with Crippen molar-refractivity contribution in [3.8, 4) is 5.69 Å². The Bertz CT molecular complexity index is 687. The molecule has 0 radical (unpaired) electrons. The van der Waals surface area contributed by atoms with Crippen LogP contribution in [0.1, 0.15) is 69.2 Å². The zero-order valence-electron chi connectivity index (χ0n) is 15.9. The van der Waals surface area contributed by atoms with Gasteiger partial charge in [-0.05, 0) is 68.7 Å². The van der Waals surface area contributed by atoms with Crippen molar-refractivity contribution < 1.29 is 9.53 Å². The lowest BCUT2D eigenvalue weighted by atomic mass is 9.91. The van der Waals surface area contributed by atoms with Crippen LogP contribution >= 0.6 is 0 Å². The van der Waals surface area contributed by atoms with Crippen molar-refractivity contribution >= 4 is 5.97 Å². The minimum atomic E-state index is -0.112. The number of hydrogen-bond acceptors (Lipinski definition) is 3. The van der Waals surface area contributed by atoms with Crippen molar-refractivity contribution in [2.45, 2.75) is 65.7 Å². The Balaban J connectivity index is 2.22. The van der Waals surface area contributed by atoms with Crippen molar-refractivity contribution in [3.05, 3.63) is 47.3 Å². The number of rotatable bonds is 9. The van der Waals surface area contributed by atoms with Crippen LogP contribution in [0.25, 0.3) is 5.69 Å². The van der Waals surface area contributed by atoms with Gasteiger partial charge in [0.2, 0.25) is 0 Å². The van der Waals surface area contributed by atoms with Crippen molar-refractivity contribution in [1.29, 1.82) is 0 Å². The summed E-state index contributed by atoms with van der Waals surface area (Å²) < 4.78 is 6.99. The monoisotopic (exact) mass is 342 g/mol. The first-order valence-electron chi connectivity index (χ1n) is 9.40. The van der Waals surface area contributed by atoms with Crippen LogP contribution in [-0.4, -0.2) is 22.4 Å². The molecule has 0 atom stereocenters. The zero-order valence-corrected chi connectivity index (χ0v) is 15.9. The summed E-state index contributed by atoms with van der Waals surface area (Å²) in [5, 5.41) is 4.61. The number of hydrogen-bond donors (Lipinski definition) is 0. The van der Waals surface area contributed by atoms with Crippen molar-refractivity contribution in [1.82, 2.24) is 9.78 Å². The molecule has 0 saturated carbocycles. The molecule has 0 unspecified atom stereocenters. The fourth-order valence-corrected chi connectivity index (χ4v) is 3.24. The van der Waals surface area contributed by atoms with Gasteiger partial charge in [-0.25, -0.2) is 4.68 Å². The van der Waals surface area contributed by atoms with Crippen molar-refractivity contribution in [3.63, 3.8) is 0 Å². The molecule has 4 nitrogen and oxygen atoms in total. The number of aryl methyl sites for hydroxylation is 2. The van der Waals surface area contributed by atoms with Crippen LogP contribution in [0.15, 0.2) is 30.5 Å². The first-order valence-corrected chi connectivity index (χ1v) is 9.40. The lowest BCUT2D eigenvalue weighted by Crippen LogP contribution is -2.07. The third-order valence-electron chi connectivity index (χ3n) is 4.64. The van der Waals surface area contributed by atoms with Gasteiger partial charge < -0.3 is 4.74 Å². The molecule has 0 aliphatic heterocycles. The summed E-state index contributed by atoms with van der Waals surface area (Å²) in [5.41, 5.74) is 4.77. The highest BCUT2D eigenvalue weighted by atomic mass is 16.5. The Hall–Kier alpha value is -2.10. The molecule has 2 rings (SSSR count). The summed E-state index contributed by atoms with van der Waals surface area (Å²) >= 11 is 0. The normalized spacial score (nSPS) is 11.1. The first-order chi connectivity index (χ1) is 12.1. The molecule has 136 valence electrons. The minimum Gasteiger partial charge on any atom is -0.466 e. The Kier molecular flexibility index (Phi) is 7.23. The van der Waals surface area contributed by atoms with Crippen LogP contribution in [0.2, 0.25) is 0 Å². The standard InChI is InChI=1S/C21H30N2O2/c1-5-18(6-2)19-12-11-17(9-8-10-21(24)25-7-3)15-20(19)23-14-13-16(4)22-23/h11-15,18H,5-10H2,1-4H3. The quantitative estimate of drug-likeness (QED) is 0.604. The van der Waals surface area contributed by atoms with E-state index < -0.39 is 0 Å². The molecule has 0 amide bonds. The van der Waals surface area contributed by atoms with E-state index in [9.17, 15) is 4.79 Å². The van der Waals surface area contributed by atoms with Gasteiger partial charge in [0, 0.05) is 12.6 Å². The van der Waals surface area contributed by atoms with Gasteiger partial charge in [-0.15, -0.1) is 0 Å². The fraction of sp³-hybridized carbons (Fsp3) is 0.524. The average molecular weight is 342 g/mol. The summed E-state index contributed by atoms with van der Waals surface area (Å²) in [7, 11) is 0. The van der Waals surface area contributed by atoms with E-state index in [1.165, 1.54) is 11.1 Å². The molecule has 25 heavy (non-hydrogen) atoms. The largest absolute Gasteiger partial charge is 0.466 e. The van der Waals surface area contributed by atoms with Gasteiger partial charge in [-0.3, -0.25) is 4.79 Å². The predicted molar refractivity (Wildman–Crippen MR) is 101 cm³/mol. The maximum atomic E-state index is 11.5. The SMILES string of the molecule is CCOC(=O)CCCc1ccc(C(CC)CC)c(-n2ccc(C)n2)c1. The molecule has 0 fully saturated rings. The van der Waals surface area contributed by atoms with E-state index in [-0.39, 0.29) is 5.97 Å². The summed E-state index contributed by atoms with van der Waals surface area (Å²) in [5.74, 6) is 0.423. The molecule has 1 aromatic carbocycles. The molecular formula is C21H30N2O2. The molecule has 0 N–H and O–H groups in total. The van der Waals surface area contributed by atoms with Gasteiger partial charge in [-0.1, -0.05) is 26.0 Å². The van der Waals surface area contributed by atoms with E-state index in [0.717, 1.165) is 37.1 Å². The second-order valence-corrected chi connectivity index (χ2v) is 6.47. The molecule has 1 heterocycles. The molecule has 0 saturated heterocycles. The minimum absolute atomic E-state index is 0.112. The molecule has 0 aliphatic rings. The Morgan fingerprint density at radius 1 is 1.20 bits per heavy atom. The second-order valence-electron chi connectivity index (χ2n) is 6.47. The highest BCUT2D eigenvalue weighted by Gasteiger charge is 2.15. The maximum absolute atomic E-state index is 11.5. The molecule has 2 aromatic rings. The maximum Gasteiger partial charge on any atom is 0.305 e. The lowest BCUT2D eigenvalue weighted by Gasteiger charge is -2.19. The molecule has 1 aromatic heterocycles. The Labute approximate surface area is 151 Å². The number of esters is 1. The van der Waals surface area contributed by atoms with E-state index in [4.69, 9.17) is 4.74 Å². The van der Waals surface area contributed by atoms with E-state index in [2.05, 4.69) is 37.1 Å². The van der Waals surface area contributed by atoms with Crippen LogP contribution < -0.4 is 0 Å². The van der Waals surface area contributed by atoms with E-state index >= 15 is 0 Å². The van der Waals surface area contributed by atoms with Crippen LogP contribution in [-0.2, 0) is 16.0 Å². The first kappa shape index (κ1) is 19.2. The number of aromatic nitrogens is 2. The predicted octanol–water partition coefficient (Wildman–Crippen LogP) is 4.97. The van der Waals surface area contributed by atoms with Gasteiger partial charge in [0.15, 0.2) is 0 Å². The van der Waals surface area contributed by atoms with Gasteiger partial charge in [0.1, 0.15) is 0 Å². The summed E-state index contributed by atoms with van der Waals surface area (Å²) in [6.07, 6.45) is 6.41. The average Bonchev–Trinajstić information content (AvgIpc) is 3.03.